The zero-order valence-corrected chi connectivity index (χ0v) is 18.0. The summed E-state index contributed by atoms with van der Waals surface area (Å²) in [6, 6.07) is 11.9. The van der Waals surface area contributed by atoms with Crippen LogP contribution in [0.3, 0.4) is 0 Å². The van der Waals surface area contributed by atoms with Gasteiger partial charge in [-0.1, -0.05) is 0 Å². The summed E-state index contributed by atoms with van der Waals surface area (Å²) in [6.07, 6.45) is -1.54. The Labute approximate surface area is 187 Å². The minimum atomic E-state index is -4.43. The van der Waals surface area contributed by atoms with E-state index in [1.54, 1.807) is 31.3 Å². The van der Waals surface area contributed by atoms with Crippen LogP contribution in [0.15, 0.2) is 60.9 Å². The Bertz CT molecular complexity index is 1360. The van der Waals surface area contributed by atoms with Crippen molar-refractivity contribution in [2.45, 2.75) is 13.1 Å². The minimum Gasteiger partial charge on any atom is -0.481 e. The first kappa shape index (κ1) is 22.2. The van der Waals surface area contributed by atoms with Crippen molar-refractivity contribution in [1.29, 1.82) is 0 Å². The maximum absolute atomic E-state index is 12.9. The second-order valence-corrected chi connectivity index (χ2v) is 7.42. The molecule has 0 aliphatic heterocycles. The van der Waals surface area contributed by atoms with Crippen LogP contribution >= 0.6 is 0 Å². The number of nitrogens with zero attached hydrogens (tertiary/aromatic N) is 4. The van der Waals surface area contributed by atoms with Crippen molar-refractivity contribution in [2.24, 2.45) is 0 Å². The number of fused-ring (bicyclic) bond motifs is 1. The number of halogens is 3. The monoisotopic (exact) mass is 452 g/mol. The van der Waals surface area contributed by atoms with E-state index in [0.29, 0.717) is 39.4 Å². The fraction of sp³-hybridized carbons (Fsp3) is 0.167. The number of hydrogen-bond acceptors (Lipinski definition) is 5. The van der Waals surface area contributed by atoms with Crippen LogP contribution < -0.4 is 9.64 Å². The summed E-state index contributed by atoms with van der Waals surface area (Å²) in [5.41, 5.74) is 2.28. The van der Waals surface area contributed by atoms with Gasteiger partial charge in [-0.05, 0) is 55.0 Å². The lowest BCUT2D eigenvalue weighted by Crippen LogP contribution is -2.27. The number of pyridine rings is 1. The lowest BCUT2D eigenvalue weighted by Gasteiger charge is -2.20. The highest BCUT2D eigenvalue weighted by Crippen LogP contribution is 2.32. The lowest BCUT2D eigenvalue weighted by atomic mass is 10.1. The van der Waals surface area contributed by atoms with Gasteiger partial charge >= 0.3 is 6.18 Å². The smallest absolute Gasteiger partial charge is 0.416 e. The Balaban J connectivity index is 1.62. The molecule has 6 nitrogen and oxygen atoms in total. The molecule has 0 fully saturated rings. The van der Waals surface area contributed by atoms with Gasteiger partial charge < -0.3 is 9.64 Å². The summed E-state index contributed by atoms with van der Waals surface area (Å²) < 4.78 is 43.9. The van der Waals surface area contributed by atoms with Crippen molar-refractivity contribution >= 4 is 22.5 Å². The van der Waals surface area contributed by atoms with Crippen LogP contribution in [-0.4, -0.2) is 35.0 Å². The maximum atomic E-state index is 12.9. The number of amides is 1. The highest BCUT2D eigenvalue weighted by atomic mass is 19.4. The van der Waals surface area contributed by atoms with Gasteiger partial charge in [-0.2, -0.15) is 13.2 Å². The number of methoxy groups -OCH3 is 1. The first-order chi connectivity index (χ1) is 15.7. The van der Waals surface area contributed by atoms with Crippen molar-refractivity contribution in [3.05, 3.63) is 77.6 Å². The van der Waals surface area contributed by atoms with E-state index in [4.69, 9.17) is 4.74 Å². The van der Waals surface area contributed by atoms with Gasteiger partial charge in [0.25, 0.3) is 5.91 Å². The van der Waals surface area contributed by atoms with Crippen LogP contribution in [0.2, 0.25) is 0 Å². The number of carbonyl (C=O) groups excluding carboxylic acids is 1. The van der Waals surface area contributed by atoms with Gasteiger partial charge in [0.05, 0.1) is 18.2 Å². The van der Waals surface area contributed by atoms with Crippen molar-refractivity contribution in [3.63, 3.8) is 0 Å². The zero-order chi connectivity index (χ0) is 23.8. The third-order valence-electron chi connectivity index (χ3n) is 5.22. The number of hydrogen-bond donors (Lipinski definition) is 0. The normalized spacial score (nSPS) is 11.5. The molecule has 4 aromatic rings. The maximum Gasteiger partial charge on any atom is 0.416 e. The molecule has 9 heteroatoms. The summed E-state index contributed by atoms with van der Waals surface area (Å²) in [6.45, 7) is 1.85. The molecule has 0 saturated carbocycles. The summed E-state index contributed by atoms with van der Waals surface area (Å²) >= 11 is 0. The van der Waals surface area contributed by atoms with Crippen LogP contribution in [0.5, 0.6) is 5.88 Å². The molecule has 4 rings (SSSR count). The Hall–Kier alpha value is -4.01. The molecule has 168 valence electrons. The number of rotatable bonds is 4. The number of anilines is 1. The van der Waals surface area contributed by atoms with Crippen LogP contribution in [0.4, 0.5) is 18.9 Å². The van der Waals surface area contributed by atoms with Crippen molar-refractivity contribution in [1.82, 2.24) is 15.0 Å². The molecule has 2 aromatic heterocycles. The molecule has 0 bridgehead atoms. The summed E-state index contributed by atoms with van der Waals surface area (Å²) in [4.78, 5) is 27.1. The molecular weight excluding hydrogens is 433 g/mol. The molecule has 0 aliphatic carbocycles. The summed E-state index contributed by atoms with van der Waals surface area (Å²) in [7, 11) is 3.15. The zero-order valence-electron chi connectivity index (χ0n) is 18.0. The molecule has 2 heterocycles. The first-order valence-electron chi connectivity index (χ1n) is 9.90. The third kappa shape index (κ3) is 4.48. The second-order valence-electron chi connectivity index (χ2n) is 7.42. The van der Waals surface area contributed by atoms with Crippen LogP contribution in [0.1, 0.15) is 21.5 Å². The first-order valence-corrected chi connectivity index (χ1v) is 9.90. The molecule has 33 heavy (non-hydrogen) atoms. The Morgan fingerprint density at radius 1 is 1.03 bits per heavy atom. The minimum absolute atomic E-state index is 0.228. The number of aryl methyl sites for hydroxylation is 1. The molecule has 0 unspecified atom stereocenters. The van der Waals surface area contributed by atoms with E-state index < -0.39 is 11.7 Å². The lowest BCUT2D eigenvalue weighted by molar-refractivity contribution is -0.137. The molecular formula is C24H19F3N4O2. The Kier molecular flexibility index (Phi) is 5.71. The predicted octanol–water partition coefficient (Wildman–Crippen LogP) is 5.30. The van der Waals surface area contributed by atoms with Gasteiger partial charge in [0, 0.05) is 47.7 Å². The SMILES string of the molecule is COc1cc(C(=O)N(C)c2ccc(-c3ncc4cc(C(F)(F)F)ccc4n3)cc2C)ccn1. The average Bonchev–Trinajstić information content (AvgIpc) is 2.81. The average molecular weight is 452 g/mol. The molecule has 0 N–H and O–H groups in total. The summed E-state index contributed by atoms with van der Waals surface area (Å²) in [5, 5.41) is 0.306. The molecule has 0 saturated heterocycles. The van der Waals surface area contributed by atoms with Gasteiger partial charge in [-0.15, -0.1) is 0 Å². The fourth-order valence-corrected chi connectivity index (χ4v) is 3.48. The van der Waals surface area contributed by atoms with Gasteiger partial charge in [-0.3, -0.25) is 4.79 Å². The second kappa shape index (κ2) is 8.50. The molecule has 2 aromatic carbocycles. The molecule has 0 aliphatic rings. The predicted molar refractivity (Wildman–Crippen MR) is 118 cm³/mol. The molecule has 0 atom stereocenters. The van der Waals surface area contributed by atoms with Crippen molar-refractivity contribution in [3.8, 4) is 17.3 Å². The quantitative estimate of drug-likeness (QED) is 0.420. The van der Waals surface area contributed by atoms with Crippen molar-refractivity contribution in [2.75, 3.05) is 19.1 Å². The fourth-order valence-electron chi connectivity index (χ4n) is 3.48. The number of carbonyl (C=O) groups is 1. The number of alkyl halides is 3. The molecule has 1 amide bonds. The van der Waals surface area contributed by atoms with Crippen LogP contribution in [0.25, 0.3) is 22.3 Å². The van der Waals surface area contributed by atoms with E-state index in [1.165, 1.54) is 30.5 Å². The number of benzene rings is 2. The van der Waals surface area contributed by atoms with Crippen LogP contribution in [0, 0.1) is 6.92 Å². The Morgan fingerprint density at radius 2 is 1.82 bits per heavy atom. The van der Waals surface area contributed by atoms with Gasteiger partial charge in [-0.25, -0.2) is 15.0 Å². The van der Waals surface area contributed by atoms with E-state index >= 15 is 0 Å². The highest BCUT2D eigenvalue weighted by molar-refractivity contribution is 6.06. The van der Waals surface area contributed by atoms with E-state index in [1.807, 2.05) is 13.0 Å². The topological polar surface area (TPSA) is 68.2 Å². The highest BCUT2D eigenvalue weighted by Gasteiger charge is 2.30. The summed E-state index contributed by atoms with van der Waals surface area (Å²) in [5.74, 6) is 0.496. The number of ether oxygens (including phenoxy) is 1. The molecule has 0 radical (unpaired) electrons. The molecule has 0 spiro atoms. The third-order valence-corrected chi connectivity index (χ3v) is 5.22. The number of aromatic nitrogens is 3. The van der Waals surface area contributed by atoms with Gasteiger partial charge in [0.1, 0.15) is 0 Å². The van der Waals surface area contributed by atoms with Crippen LogP contribution in [-0.2, 0) is 6.18 Å². The standard InChI is InChI=1S/C24H19F3N4O2/c1-14-10-15(22-29-13-17-11-18(24(25,26)27)5-6-19(17)30-22)4-7-20(14)31(2)23(32)16-8-9-28-21(12-16)33-3/h4-13H,1-3H3. The van der Waals surface area contributed by atoms with E-state index in [0.717, 1.165) is 17.7 Å². The van der Waals surface area contributed by atoms with Crippen molar-refractivity contribution < 1.29 is 22.7 Å². The van der Waals surface area contributed by atoms with Gasteiger partial charge in [0.15, 0.2) is 5.82 Å². The van der Waals surface area contributed by atoms with Gasteiger partial charge in [0.2, 0.25) is 5.88 Å². The van der Waals surface area contributed by atoms with E-state index in [-0.39, 0.29) is 5.91 Å². The van der Waals surface area contributed by atoms with E-state index in [9.17, 15) is 18.0 Å². The Morgan fingerprint density at radius 3 is 2.52 bits per heavy atom. The largest absolute Gasteiger partial charge is 0.481 e. The van der Waals surface area contributed by atoms with E-state index in [2.05, 4.69) is 15.0 Å².